The van der Waals surface area contributed by atoms with E-state index in [1.165, 1.54) is 0 Å². The quantitative estimate of drug-likeness (QED) is 0.945. The third-order valence-corrected chi connectivity index (χ3v) is 4.36. The number of hydrogen-bond donors (Lipinski definition) is 1. The molecule has 1 aromatic heterocycles. The van der Waals surface area contributed by atoms with Crippen molar-refractivity contribution in [3.63, 3.8) is 0 Å². The molecule has 1 aromatic carbocycles. The molecule has 0 spiro atoms. The summed E-state index contributed by atoms with van der Waals surface area (Å²) in [6.07, 6.45) is 5.34. The minimum atomic E-state index is -0.0169. The van der Waals surface area contributed by atoms with Gasteiger partial charge in [-0.1, -0.05) is 37.3 Å². The summed E-state index contributed by atoms with van der Waals surface area (Å²) in [7, 11) is 0. The molecule has 120 valence electrons. The number of likely N-dealkylation sites (tertiary alicyclic amines) is 1. The van der Waals surface area contributed by atoms with Gasteiger partial charge in [0.05, 0.1) is 11.7 Å². The molecule has 2 N–H and O–H groups in total. The number of anilines is 1. The first-order valence-corrected chi connectivity index (χ1v) is 8.18. The smallest absolute Gasteiger partial charge is 0.222 e. The molecule has 3 rings (SSSR count). The molecule has 2 aromatic rings. The number of hydrogen-bond acceptors (Lipinski definition) is 4. The van der Waals surface area contributed by atoms with Crippen molar-refractivity contribution in [2.45, 2.75) is 38.6 Å². The standard InChI is InChI=1S/C18H22N4O/c1-2-16(23)22-11-7-6-10-15(22)17-14(12-20-18(19)21-17)13-8-4-3-5-9-13/h3-5,8-9,12,15H,2,6-7,10-11H2,1H3,(H2,19,20,21). The number of benzene rings is 1. The van der Waals surface area contributed by atoms with E-state index >= 15 is 0 Å². The number of aromatic nitrogens is 2. The average molecular weight is 310 g/mol. The number of nitrogens with zero attached hydrogens (tertiary/aromatic N) is 3. The Labute approximate surface area is 136 Å². The summed E-state index contributed by atoms with van der Waals surface area (Å²) in [5, 5.41) is 0. The molecule has 1 saturated heterocycles. The van der Waals surface area contributed by atoms with Gasteiger partial charge in [-0.2, -0.15) is 0 Å². The molecular formula is C18H22N4O. The SMILES string of the molecule is CCC(=O)N1CCCCC1c1nc(N)ncc1-c1ccccc1. The Hall–Kier alpha value is -2.43. The highest BCUT2D eigenvalue weighted by Gasteiger charge is 2.30. The van der Waals surface area contributed by atoms with Gasteiger partial charge in [0.2, 0.25) is 11.9 Å². The van der Waals surface area contributed by atoms with Crippen LogP contribution in [0.25, 0.3) is 11.1 Å². The van der Waals surface area contributed by atoms with Gasteiger partial charge in [-0.3, -0.25) is 4.79 Å². The lowest BCUT2D eigenvalue weighted by molar-refractivity contribution is -0.134. The largest absolute Gasteiger partial charge is 0.368 e. The normalized spacial score (nSPS) is 18.0. The van der Waals surface area contributed by atoms with Gasteiger partial charge < -0.3 is 10.6 Å². The van der Waals surface area contributed by atoms with Crippen LogP contribution in [0.1, 0.15) is 44.3 Å². The molecule has 1 aliphatic rings. The maximum atomic E-state index is 12.3. The van der Waals surface area contributed by atoms with Crippen LogP contribution >= 0.6 is 0 Å². The van der Waals surface area contributed by atoms with Crippen LogP contribution in [0.15, 0.2) is 36.5 Å². The second-order valence-corrected chi connectivity index (χ2v) is 5.85. The Morgan fingerprint density at radius 2 is 2.09 bits per heavy atom. The molecule has 5 heteroatoms. The molecule has 1 aliphatic heterocycles. The lowest BCUT2D eigenvalue weighted by atomic mass is 9.93. The molecule has 1 amide bonds. The van der Waals surface area contributed by atoms with E-state index < -0.39 is 0 Å². The van der Waals surface area contributed by atoms with E-state index in [1.807, 2.05) is 42.2 Å². The Morgan fingerprint density at radius 1 is 1.30 bits per heavy atom. The van der Waals surface area contributed by atoms with E-state index in [4.69, 9.17) is 5.73 Å². The number of amides is 1. The number of nitrogens with two attached hydrogens (primary N) is 1. The molecule has 0 radical (unpaired) electrons. The second kappa shape index (κ2) is 6.77. The number of piperidine rings is 1. The van der Waals surface area contributed by atoms with E-state index in [0.29, 0.717) is 6.42 Å². The number of nitrogen functional groups attached to an aromatic ring is 1. The summed E-state index contributed by atoms with van der Waals surface area (Å²) in [5.74, 6) is 0.431. The van der Waals surface area contributed by atoms with Gasteiger partial charge >= 0.3 is 0 Å². The fraction of sp³-hybridized carbons (Fsp3) is 0.389. The van der Waals surface area contributed by atoms with Crippen molar-refractivity contribution >= 4 is 11.9 Å². The second-order valence-electron chi connectivity index (χ2n) is 5.85. The van der Waals surface area contributed by atoms with E-state index in [9.17, 15) is 4.79 Å². The Morgan fingerprint density at radius 3 is 2.83 bits per heavy atom. The van der Waals surface area contributed by atoms with Gasteiger partial charge in [-0.15, -0.1) is 0 Å². The lowest BCUT2D eigenvalue weighted by Gasteiger charge is -2.36. The van der Waals surface area contributed by atoms with Gasteiger partial charge in [0, 0.05) is 24.7 Å². The molecule has 0 bridgehead atoms. The van der Waals surface area contributed by atoms with Gasteiger partial charge in [-0.05, 0) is 24.8 Å². The van der Waals surface area contributed by atoms with Gasteiger partial charge in [0.25, 0.3) is 0 Å². The van der Waals surface area contributed by atoms with E-state index in [-0.39, 0.29) is 17.9 Å². The van der Waals surface area contributed by atoms with E-state index in [1.54, 1.807) is 6.20 Å². The average Bonchev–Trinajstić information content (AvgIpc) is 2.61. The van der Waals surface area contributed by atoms with Gasteiger partial charge in [0.15, 0.2) is 0 Å². The molecule has 0 aliphatic carbocycles. The van der Waals surface area contributed by atoms with Crippen molar-refractivity contribution in [2.75, 3.05) is 12.3 Å². The molecule has 1 fully saturated rings. The predicted octanol–water partition coefficient (Wildman–Crippen LogP) is 3.19. The third kappa shape index (κ3) is 3.18. The van der Waals surface area contributed by atoms with Crippen molar-refractivity contribution in [3.05, 3.63) is 42.2 Å². The Bertz CT molecular complexity index is 687. The van der Waals surface area contributed by atoms with Crippen LogP contribution in [-0.2, 0) is 4.79 Å². The van der Waals surface area contributed by atoms with Crippen LogP contribution in [-0.4, -0.2) is 27.3 Å². The summed E-state index contributed by atoms with van der Waals surface area (Å²) in [5.41, 5.74) is 8.72. The molecule has 23 heavy (non-hydrogen) atoms. The highest BCUT2D eigenvalue weighted by Crippen LogP contribution is 2.36. The first-order valence-electron chi connectivity index (χ1n) is 8.18. The minimum absolute atomic E-state index is 0.0169. The summed E-state index contributed by atoms with van der Waals surface area (Å²) >= 11 is 0. The first-order chi connectivity index (χ1) is 11.2. The van der Waals surface area contributed by atoms with E-state index in [2.05, 4.69) is 9.97 Å². The van der Waals surface area contributed by atoms with E-state index in [0.717, 1.165) is 42.6 Å². The van der Waals surface area contributed by atoms with Gasteiger partial charge in [-0.25, -0.2) is 9.97 Å². The van der Waals surface area contributed by atoms with Crippen LogP contribution in [0, 0.1) is 0 Å². The molecular weight excluding hydrogens is 288 g/mol. The van der Waals surface area contributed by atoms with Crippen LogP contribution < -0.4 is 5.73 Å². The van der Waals surface area contributed by atoms with Crippen LogP contribution in [0.2, 0.25) is 0 Å². The molecule has 1 unspecified atom stereocenters. The van der Waals surface area contributed by atoms with Crippen molar-refractivity contribution in [3.8, 4) is 11.1 Å². The van der Waals surface area contributed by atoms with Crippen LogP contribution in [0.3, 0.4) is 0 Å². The Balaban J connectivity index is 2.07. The topological polar surface area (TPSA) is 72.1 Å². The van der Waals surface area contributed by atoms with Crippen molar-refractivity contribution in [1.82, 2.24) is 14.9 Å². The summed E-state index contributed by atoms with van der Waals surface area (Å²) < 4.78 is 0. The highest BCUT2D eigenvalue weighted by atomic mass is 16.2. The lowest BCUT2D eigenvalue weighted by Crippen LogP contribution is -2.38. The van der Waals surface area contributed by atoms with Crippen molar-refractivity contribution < 1.29 is 4.79 Å². The third-order valence-electron chi connectivity index (χ3n) is 4.36. The number of carbonyl (C=O) groups excluding carboxylic acids is 1. The maximum absolute atomic E-state index is 12.3. The maximum Gasteiger partial charge on any atom is 0.222 e. The fourth-order valence-corrected chi connectivity index (χ4v) is 3.22. The zero-order valence-electron chi connectivity index (χ0n) is 13.4. The van der Waals surface area contributed by atoms with Gasteiger partial charge in [0.1, 0.15) is 0 Å². The highest BCUT2D eigenvalue weighted by molar-refractivity contribution is 5.77. The number of carbonyl (C=O) groups is 1. The molecule has 0 saturated carbocycles. The minimum Gasteiger partial charge on any atom is -0.368 e. The zero-order chi connectivity index (χ0) is 16.2. The molecule has 5 nitrogen and oxygen atoms in total. The summed E-state index contributed by atoms with van der Waals surface area (Å²) in [4.78, 5) is 23.0. The monoisotopic (exact) mass is 310 g/mol. The fourth-order valence-electron chi connectivity index (χ4n) is 3.22. The van der Waals surface area contributed by atoms with Crippen molar-refractivity contribution in [2.24, 2.45) is 0 Å². The van der Waals surface area contributed by atoms with Crippen LogP contribution in [0.4, 0.5) is 5.95 Å². The molecule has 2 heterocycles. The zero-order valence-corrected chi connectivity index (χ0v) is 13.4. The molecule has 1 atom stereocenters. The predicted molar refractivity (Wildman–Crippen MR) is 90.5 cm³/mol. The Kier molecular flexibility index (Phi) is 4.55. The first kappa shape index (κ1) is 15.5. The van der Waals surface area contributed by atoms with Crippen LogP contribution in [0.5, 0.6) is 0 Å². The van der Waals surface area contributed by atoms with Crippen molar-refractivity contribution in [1.29, 1.82) is 0 Å². The number of rotatable bonds is 3. The summed E-state index contributed by atoms with van der Waals surface area (Å²) in [6, 6.07) is 10.0. The summed E-state index contributed by atoms with van der Waals surface area (Å²) in [6.45, 7) is 2.69.